The van der Waals surface area contributed by atoms with Crippen LogP contribution in [-0.4, -0.2) is 53.1 Å². The van der Waals surface area contributed by atoms with Crippen molar-refractivity contribution in [3.8, 4) is 0 Å². The number of piperazine rings is 1. The van der Waals surface area contributed by atoms with Gasteiger partial charge in [-0.2, -0.15) is 0 Å². The lowest BCUT2D eigenvalue weighted by Gasteiger charge is -2.35. The Balaban J connectivity index is 2.72. The number of urea groups is 1. The predicted molar refractivity (Wildman–Crippen MR) is 73.2 cm³/mol. The van der Waals surface area contributed by atoms with E-state index in [2.05, 4.69) is 10.6 Å². The van der Waals surface area contributed by atoms with Gasteiger partial charge in [-0.25, -0.2) is 9.59 Å². The summed E-state index contributed by atoms with van der Waals surface area (Å²) in [5, 5.41) is 14.3. The fourth-order valence-corrected chi connectivity index (χ4v) is 2.29. The average molecular weight is 285 g/mol. The van der Waals surface area contributed by atoms with E-state index < -0.39 is 24.1 Å². The van der Waals surface area contributed by atoms with Gasteiger partial charge in [-0.3, -0.25) is 4.79 Å². The van der Waals surface area contributed by atoms with Gasteiger partial charge in [-0.05, 0) is 18.8 Å². The van der Waals surface area contributed by atoms with E-state index in [4.69, 9.17) is 5.11 Å². The molecule has 3 N–H and O–H groups in total. The van der Waals surface area contributed by atoms with Crippen molar-refractivity contribution in [2.75, 3.05) is 13.1 Å². The summed E-state index contributed by atoms with van der Waals surface area (Å²) in [5.74, 6) is -1.09. The molecule has 1 saturated heterocycles. The van der Waals surface area contributed by atoms with Gasteiger partial charge in [0.2, 0.25) is 5.91 Å². The summed E-state index contributed by atoms with van der Waals surface area (Å²) in [6, 6.07) is -1.94. The van der Waals surface area contributed by atoms with Gasteiger partial charge >= 0.3 is 12.0 Å². The zero-order valence-electron chi connectivity index (χ0n) is 12.2. The van der Waals surface area contributed by atoms with E-state index in [9.17, 15) is 14.4 Å². The second-order valence-electron chi connectivity index (χ2n) is 5.38. The first-order chi connectivity index (χ1) is 9.36. The van der Waals surface area contributed by atoms with Gasteiger partial charge in [0.25, 0.3) is 0 Å². The molecule has 0 bridgehead atoms. The summed E-state index contributed by atoms with van der Waals surface area (Å²) >= 11 is 0. The Hall–Kier alpha value is -1.79. The molecule has 1 unspecified atom stereocenters. The number of aliphatic carboxylic acids is 1. The van der Waals surface area contributed by atoms with Crippen LogP contribution in [0.25, 0.3) is 0 Å². The molecule has 20 heavy (non-hydrogen) atoms. The maximum atomic E-state index is 12.2. The zero-order valence-corrected chi connectivity index (χ0v) is 12.2. The van der Waals surface area contributed by atoms with Gasteiger partial charge in [0.15, 0.2) is 0 Å². The van der Waals surface area contributed by atoms with E-state index in [1.54, 1.807) is 0 Å². The highest BCUT2D eigenvalue weighted by molar-refractivity contribution is 5.89. The fraction of sp³-hybridized carbons (Fsp3) is 0.769. The van der Waals surface area contributed by atoms with Gasteiger partial charge in [-0.15, -0.1) is 0 Å². The number of carbonyl (C=O) groups is 3. The van der Waals surface area contributed by atoms with Gasteiger partial charge in [0.05, 0.1) is 0 Å². The Morgan fingerprint density at radius 2 is 2.15 bits per heavy atom. The molecule has 0 aromatic rings. The van der Waals surface area contributed by atoms with Gasteiger partial charge < -0.3 is 20.6 Å². The Labute approximate surface area is 118 Å². The van der Waals surface area contributed by atoms with Gasteiger partial charge in [-0.1, -0.05) is 20.8 Å². The number of hydrogen-bond donors (Lipinski definition) is 3. The van der Waals surface area contributed by atoms with E-state index >= 15 is 0 Å². The van der Waals surface area contributed by atoms with Crippen LogP contribution in [-0.2, 0) is 9.59 Å². The Bertz CT molecular complexity index is 384. The SMILES string of the molecule is CCC1C(=O)NCCN1C(=O)N[C@@H](CC(C)C)C(=O)O. The minimum absolute atomic E-state index is 0.156. The van der Waals surface area contributed by atoms with E-state index in [-0.39, 0.29) is 11.8 Å². The lowest BCUT2D eigenvalue weighted by molar-refractivity contribution is -0.139. The summed E-state index contributed by atoms with van der Waals surface area (Å²) in [7, 11) is 0. The normalized spacial score (nSPS) is 20.5. The van der Waals surface area contributed by atoms with Crippen LogP contribution in [0, 0.1) is 5.92 Å². The van der Waals surface area contributed by atoms with E-state index in [0.717, 1.165) is 0 Å². The van der Waals surface area contributed by atoms with Crippen molar-refractivity contribution >= 4 is 17.9 Å². The fourth-order valence-electron chi connectivity index (χ4n) is 2.29. The van der Waals surface area contributed by atoms with Gasteiger partial charge in [0, 0.05) is 13.1 Å². The summed E-state index contributed by atoms with van der Waals surface area (Å²) in [5.41, 5.74) is 0. The molecule has 7 heteroatoms. The molecule has 1 heterocycles. The number of carbonyl (C=O) groups excluding carboxylic acids is 2. The van der Waals surface area contributed by atoms with Crippen LogP contribution in [0.2, 0.25) is 0 Å². The highest BCUT2D eigenvalue weighted by Crippen LogP contribution is 2.11. The number of amides is 3. The quantitative estimate of drug-likeness (QED) is 0.681. The van der Waals surface area contributed by atoms with Crippen LogP contribution >= 0.6 is 0 Å². The number of rotatable bonds is 5. The number of nitrogens with one attached hydrogen (secondary N) is 2. The van der Waals surface area contributed by atoms with Crippen LogP contribution in [0.4, 0.5) is 4.79 Å². The molecule has 1 fully saturated rings. The number of hydrogen-bond acceptors (Lipinski definition) is 3. The van der Waals surface area contributed by atoms with E-state index in [0.29, 0.717) is 25.9 Å². The van der Waals surface area contributed by atoms with Crippen LogP contribution < -0.4 is 10.6 Å². The van der Waals surface area contributed by atoms with Crippen LogP contribution in [0.1, 0.15) is 33.6 Å². The molecule has 2 atom stereocenters. The molecule has 0 radical (unpaired) electrons. The van der Waals surface area contributed by atoms with Crippen molar-refractivity contribution in [3.05, 3.63) is 0 Å². The monoisotopic (exact) mass is 285 g/mol. The third-order valence-corrected chi connectivity index (χ3v) is 3.28. The smallest absolute Gasteiger partial charge is 0.326 e. The molecule has 7 nitrogen and oxygen atoms in total. The molecular weight excluding hydrogens is 262 g/mol. The number of carboxylic acids is 1. The first-order valence-electron chi connectivity index (χ1n) is 6.94. The standard InChI is InChI=1S/C13H23N3O4/c1-4-10-11(17)14-5-6-16(10)13(20)15-9(12(18)19)7-8(2)3/h8-10H,4-7H2,1-3H3,(H,14,17)(H,15,20)(H,18,19)/t9-,10?/m0/s1. The third kappa shape index (κ3) is 4.11. The molecular formula is C13H23N3O4. The highest BCUT2D eigenvalue weighted by Gasteiger charge is 2.33. The van der Waals surface area contributed by atoms with Crippen molar-refractivity contribution in [1.82, 2.24) is 15.5 Å². The second kappa shape index (κ2) is 7.12. The lowest BCUT2D eigenvalue weighted by Crippen LogP contribution is -2.60. The van der Waals surface area contributed by atoms with E-state index in [1.165, 1.54) is 4.90 Å². The van der Waals surface area contributed by atoms with Crippen LogP contribution in [0.3, 0.4) is 0 Å². The van der Waals surface area contributed by atoms with Crippen molar-refractivity contribution in [2.24, 2.45) is 5.92 Å². The minimum Gasteiger partial charge on any atom is -0.480 e. The third-order valence-electron chi connectivity index (χ3n) is 3.28. The van der Waals surface area contributed by atoms with Crippen LogP contribution in [0.15, 0.2) is 0 Å². The molecule has 0 aromatic carbocycles. The highest BCUT2D eigenvalue weighted by atomic mass is 16.4. The average Bonchev–Trinajstić information content (AvgIpc) is 2.36. The van der Waals surface area contributed by atoms with Crippen molar-refractivity contribution < 1.29 is 19.5 Å². The Kier molecular flexibility index (Phi) is 5.79. The first kappa shape index (κ1) is 16.3. The molecule has 0 saturated carbocycles. The minimum atomic E-state index is -1.05. The largest absolute Gasteiger partial charge is 0.480 e. The maximum absolute atomic E-state index is 12.2. The number of nitrogens with zero attached hydrogens (tertiary/aromatic N) is 1. The molecule has 3 amide bonds. The van der Waals surface area contributed by atoms with Crippen molar-refractivity contribution in [2.45, 2.75) is 45.7 Å². The molecule has 0 aliphatic carbocycles. The topological polar surface area (TPSA) is 98.7 Å². The molecule has 0 aromatic heterocycles. The first-order valence-corrected chi connectivity index (χ1v) is 6.94. The van der Waals surface area contributed by atoms with Crippen LogP contribution in [0.5, 0.6) is 0 Å². The Morgan fingerprint density at radius 3 is 2.65 bits per heavy atom. The summed E-state index contributed by atoms with van der Waals surface area (Å²) in [6.07, 6.45) is 0.860. The van der Waals surface area contributed by atoms with Gasteiger partial charge in [0.1, 0.15) is 12.1 Å². The van der Waals surface area contributed by atoms with Crippen molar-refractivity contribution in [1.29, 1.82) is 0 Å². The molecule has 1 aliphatic heterocycles. The van der Waals surface area contributed by atoms with E-state index in [1.807, 2.05) is 20.8 Å². The zero-order chi connectivity index (χ0) is 15.3. The lowest BCUT2D eigenvalue weighted by atomic mass is 10.0. The summed E-state index contributed by atoms with van der Waals surface area (Å²) in [4.78, 5) is 36.4. The summed E-state index contributed by atoms with van der Waals surface area (Å²) in [6.45, 7) is 6.39. The molecule has 1 aliphatic rings. The number of carboxylic acid groups (broad SMARTS) is 1. The Morgan fingerprint density at radius 1 is 1.50 bits per heavy atom. The summed E-state index contributed by atoms with van der Waals surface area (Å²) < 4.78 is 0. The molecule has 1 rings (SSSR count). The molecule has 114 valence electrons. The predicted octanol–water partition coefficient (Wildman–Crippen LogP) is 0.406. The molecule has 0 spiro atoms. The van der Waals surface area contributed by atoms with Crippen molar-refractivity contribution in [3.63, 3.8) is 0 Å². The second-order valence-corrected chi connectivity index (χ2v) is 5.38. The maximum Gasteiger partial charge on any atom is 0.326 e.